The standard InChI is InChI=1S/C26H28FN3O3S/c27-23-12-14-24(15-13-23)30-34(32,33)25-10-5-8-21(19-25)7-3-1-2-4-18-29-26(31)16-11-22-9-6-17-28-20-22/h5-6,8-17,19-20,30H,1-4,7,18H2,(H,29,31)/b16-11+. The van der Waals surface area contributed by atoms with Gasteiger partial charge in [-0.25, -0.2) is 12.8 Å². The van der Waals surface area contributed by atoms with Crippen LogP contribution in [0.4, 0.5) is 10.1 Å². The zero-order chi connectivity index (χ0) is 24.2. The summed E-state index contributed by atoms with van der Waals surface area (Å²) in [5.41, 5.74) is 2.13. The van der Waals surface area contributed by atoms with Crippen LogP contribution in [0, 0.1) is 5.82 Å². The van der Waals surface area contributed by atoms with Crippen LogP contribution in [0.2, 0.25) is 0 Å². The van der Waals surface area contributed by atoms with Crippen LogP contribution in [0.15, 0.2) is 84.0 Å². The van der Waals surface area contributed by atoms with Gasteiger partial charge in [0, 0.05) is 30.7 Å². The lowest BCUT2D eigenvalue weighted by Gasteiger charge is -2.10. The molecule has 3 aromatic rings. The van der Waals surface area contributed by atoms with Gasteiger partial charge in [0.2, 0.25) is 5.91 Å². The van der Waals surface area contributed by atoms with Gasteiger partial charge in [-0.3, -0.25) is 14.5 Å². The minimum absolute atomic E-state index is 0.129. The molecule has 0 saturated heterocycles. The Morgan fingerprint density at radius 1 is 0.971 bits per heavy atom. The molecule has 0 bridgehead atoms. The number of amides is 1. The number of unbranched alkanes of at least 4 members (excludes halogenated alkanes) is 3. The minimum atomic E-state index is -3.74. The van der Waals surface area contributed by atoms with Crippen molar-refractivity contribution < 1.29 is 17.6 Å². The molecule has 2 N–H and O–H groups in total. The van der Waals surface area contributed by atoms with Crippen LogP contribution in [-0.4, -0.2) is 25.9 Å². The molecule has 0 atom stereocenters. The molecule has 0 unspecified atom stereocenters. The number of benzene rings is 2. The third-order valence-corrected chi connectivity index (χ3v) is 6.49. The molecule has 178 valence electrons. The van der Waals surface area contributed by atoms with E-state index in [0.717, 1.165) is 43.2 Å². The number of sulfonamides is 1. The maximum atomic E-state index is 13.0. The fourth-order valence-corrected chi connectivity index (χ4v) is 4.45. The fourth-order valence-electron chi connectivity index (χ4n) is 3.32. The number of anilines is 1. The highest BCUT2D eigenvalue weighted by Gasteiger charge is 2.14. The Balaban J connectivity index is 1.36. The van der Waals surface area contributed by atoms with Crippen LogP contribution >= 0.6 is 0 Å². The van der Waals surface area contributed by atoms with E-state index in [-0.39, 0.29) is 10.8 Å². The van der Waals surface area contributed by atoms with Gasteiger partial charge < -0.3 is 5.32 Å². The van der Waals surface area contributed by atoms with Crippen LogP contribution in [0.1, 0.15) is 36.8 Å². The Morgan fingerprint density at radius 3 is 2.53 bits per heavy atom. The van der Waals surface area contributed by atoms with Crippen LogP contribution in [0.3, 0.4) is 0 Å². The number of carbonyl (C=O) groups is 1. The number of hydrogen-bond acceptors (Lipinski definition) is 4. The van der Waals surface area contributed by atoms with Crippen molar-refractivity contribution in [3.63, 3.8) is 0 Å². The van der Waals surface area contributed by atoms with Crippen LogP contribution in [-0.2, 0) is 21.2 Å². The second-order valence-corrected chi connectivity index (χ2v) is 9.52. The van der Waals surface area contributed by atoms with Gasteiger partial charge in [-0.1, -0.05) is 31.0 Å². The molecule has 6 nitrogen and oxygen atoms in total. The smallest absolute Gasteiger partial charge is 0.261 e. The fraction of sp³-hybridized carbons (Fsp3) is 0.231. The molecule has 34 heavy (non-hydrogen) atoms. The number of pyridine rings is 1. The molecule has 0 aliphatic carbocycles. The van der Waals surface area contributed by atoms with E-state index < -0.39 is 15.8 Å². The zero-order valence-electron chi connectivity index (χ0n) is 18.8. The largest absolute Gasteiger partial charge is 0.353 e. The molecule has 8 heteroatoms. The van der Waals surface area contributed by atoms with Gasteiger partial charge in [-0.15, -0.1) is 0 Å². The first kappa shape index (κ1) is 25.1. The van der Waals surface area contributed by atoms with Crippen molar-refractivity contribution in [3.05, 3.63) is 96.1 Å². The first-order valence-electron chi connectivity index (χ1n) is 11.2. The SMILES string of the molecule is O=C(/C=C/c1cccnc1)NCCCCCCc1cccc(S(=O)(=O)Nc2ccc(F)cc2)c1. The van der Waals surface area contributed by atoms with Crippen molar-refractivity contribution >= 4 is 27.7 Å². The molecular weight excluding hydrogens is 453 g/mol. The summed E-state index contributed by atoms with van der Waals surface area (Å²) in [5.74, 6) is -0.555. The molecule has 0 aliphatic heterocycles. The molecule has 3 rings (SSSR count). The normalized spacial score (nSPS) is 11.4. The zero-order valence-corrected chi connectivity index (χ0v) is 19.6. The summed E-state index contributed by atoms with van der Waals surface area (Å²) in [6.45, 7) is 0.610. The highest BCUT2D eigenvalue weighted by atomic mass is 32.2. The van der Waals surface area contributed by atoms with E-state index in [1.54, 1.807) is 36.7 Å². The highest BCUT2D eigenvalue weighted by molar-refractivity contribution is 7.92. The average molecular weight is 482 g/mol. The van der Waals surface area contributed by atoms with Crippen molar-refractivity contribution in [2.45, 2.75) is 37.0 Å². The molecule has 1 amide bonds. The predicted molar refractivity (Wildman–Crippen MR) is 132 cm³/mol. The molecular formula is C26H28FN3O3S. The summed E-state index contributed by atoms with van der Waals surface area (Å²) in [7, 11) is -3.74. The van der Waals surface area contributed by atoms with E-state index in [4.69, 9.17) is 0 Å². The molecule has 0 radical (unpaired) electrons. The second-order valence-electron chi connectivity index (χ2n) is 7.83. The van der Waals surface area contributed by atoms with Gasteiger partial charge >= 0.3 is 0 Å². The van der Waals surface area contributed by atoms with Crippen LogP contribution < -0.4 is 10.0 Å². The van der Waals surface area contributed by atoms with E-state index in [9.17, 15) is 17.6 Å². The maximum absolute atomic E-state index is 13.0. The van der Waals surface area contributed by atoms with Crippen molar-refractivity contribution in [2.75, 3.05) is 11.3 Å². The molecule has 2 aromatic carbocycles. The number of carbonyl (C=O) groups excluding carboxylic acids is 1. The summed E-state index contributed by atoms with van der Waals surface area (Å²) in [6.07, 6.45) is 11.1. The Morgan fingerprint density at radius 2 is 1.76 bits per heavy atom. The Hall–Kier alpha value is -3.52. The third kappa shape index (κ3) is 8.44. The monoisotopic (exact) mass is 481 g/mol. The lowest BCUT2D eigenvalue weighted by molar-refractivity contribution is -0.116. The van der Waals surface area contributed by atoms with Gasteiger partial charge in [0.05, 0.1) is 4.90 Å². The van der Waals surface area contributed by atoms with E-state index in [2.05, 4.69) is 15.0 Å². The number of rotatable bonds is 12. The number of nitrogens with one attached hydrogen (secondary N) is 2. The van der Waals surface area contributed by atoms with Crippen LogP contribution in [0.25, 0.3) is 6.08 Å². The van der Waals surface area contributed by atoms with Gasteiger partial charge in [0.1, 0.15) is 5.82 Å². The molecule has 0 fully saturated rings. The number of nitrogens with zero attached hydrogens (tertiary/aromatic N) is 1. The first-order chi connectivity index (χ1) is 16.4. The van der Waals surface area contributed by atoms with Crippen molar-refractivity contribution in [1.29, 1.82) is 0 Å². The average Bonchev–Trinajstić information content (AvgIpc) is 2.84. The van der Waals surface area contributed by atoms with Gasteiger partial charge in [0.25, 0.3) is 10.0 Å². The molecule has 1 heterocycles. The Kier molecular flexibility index (Phi) is 9.34. The number of halogens is 1. The highest BCUT2D eigenvalue weighted by Crippen LogP contribution is 2.18. The Labute approximate surface area is 200 Å². The van der Waals surface area contributed by atoms with E-state index in [1.807, 2.05) is 18.2 Å². The third-order valence-electron chi connectivity index (χ3n) is 5.11. The van der Waals surface area contributed by atoms with Crippen molar-refractivity contribution in [1.82, 2.24) is 10.3 Å². The topological polar surface area (TPSA) is 88.2 Å². The maximum Gasteiger partial charge on any atom is 0.261 e. The van der Waals surface area contributed by atoms with E-state index in [0.29, 0.717) is 12.2 Å². The van der Waals surface area contributed by atoms with E-state index >= 15 is 0 Å². The van der Waals surface area contributed by atoms with E-state index in [1.165, 1.54) is 30.3 Å². The summed E-state index contributed by atoms with van der Waals surface area (Å²) in [5, 5.41) is 2.87. The lowest BCUT2D eigenvalue weighted by Crippen LogP contribution is -2.21. The number of hydrogen-bond donors (Lipinski definition) is 2. The van der Waals surface area contributed by atoms with Gasteiger partial charge in [-0.2, -0.15) is 0 Å². The van der Waals surface area contributed by atoms with Crippen molar-refractivity contribution in [3.8, 4) is 0 Å². The summed E-state index contributed by atoms with van der Waals surface area (Å²) in [6, 6.07) is 15.7. The first-order valence-corrected chi connectivity index (χ1v) is 12.6. The predicted octanol–water partition coefficient (Wildman–Crippen LogP) is 4.95. The quantitative estimate of drug-likeness (QED) is 0.283. The Bertz CT molecular complexity index is 1200. The van der Waals surface area contributed by atoms with Crippen molar-refractivity contribution in [2.24, 2.45) is 0 Å². The molecule has 0 aliphatic rings. The molecule has 0 spiro atoms. The number of aryl methyl sites for hydroxylation is 1. The summed E-state index contributed by atoms with van der Waals surface area (Å²) >= 11 is 0. The van der Waals surface area contributed by atoms with Gasteiger partial charge in [0.15, 0.2) is 0 Å². The lowest BCUT2D eigenvalue weighted by atomic mass is 10.1. The molecule has 0 saturated carbocycles. The minimum Gasteiger partial charge on any atom is -0.353 e. The number of aromatic nitrogens is 1. The second kappa shape index (κ2) is 12.6. The summed E-state index contributed by atoms with van der Waals surface area (Å²) in [4.78, 5) is 16.0. The van der Waals surface area contributed by atoms with Gasteiger partial charge in [-0.05, 0) is 78.9 Å². The molecule has 1 aromatic heterocycles. The summed E-state index contributed by atoms with van der Waals surface area (Å²) < 4.78 is 40.8. The van der Waals surface area contributed by atoms with Crippen LogP contribution in [0.5, 0.6) is 0 Å².